The Morgan fingerprint density at radius 3 is 2.07 bits per heavy atom. The zero-order valence-electron chi connectivity index (χ0n) is 39.6. The molecule has 3 aromatic heterocycles. The number of para-hydroxylation sites is 2. The van der Waals surface area contributed by atoms with Crippen molar-refractivity contribution < 1.29 is 13.6 Å². The molecule has 0 spiro atoms. The number of fused-ring (bicyclic) bond motifs is 4. The fourth-order valence-corrected chi connectivity index (χ4v) is 8.50. The number of benzene rings is 6. The maximum absolute atomic E-state index is 12.4. The maximum atomic E-state index is 12.4. The van der Waals surface area contributed by atoms with Gasteiger partial charge in [0.15, 0.2) is 0 Å². The Morgan fingerprint density at radius 2 is 1.33 bits per heavy atom. The van der Waals surface area contributed by atoms with Gasteiger partial charge in [0.25, 0.3) is 0 Å². The van der Waals surface area contributed by atoms with E-state index in [1.54, 1.807) is 12.1 Å². The van der Waals surface area contributed by atoms with E-state index in [1.165, 1.54) is 0 Å². The van der Waals surface area contributed by atoms with Gasteiger partial charge < -0.3 is 14.1 Å². The number of aryl methyl sites for hydroxylation is 1. The quantitative estimate of drug-likeness (QED) is 0.182. The van der Waals surface area contributed by atoms with E-state index < -0.39 is 6.85 Å². The average molecular weight is 805 g/mol. The highest BCUT2D eigenvalue weighted by Crippen LogP contribution is 2.45. The van der Waals surface area contributed by atoms with Crippen LogP contribution < -0.4 is 0 Å². The Morgan fingerprint density at radius 1 is 0.623 bits per heavy atom. The predicted molar refractivity (Wildman–Crippen MR) is 255 cm³/mol. The summed E-state index contributed by atoms with van der Waals surface area (Å²) in [5.74, 6) is 0.925. The molecule has 0 aliphatic heterocycles. The van der Waals surface area contributed by atoms with E-state index in [0.29, 0.717) is 23.5 Å². The van der Waals surface area contributed by atoms with Crippen LogP contribution in [0.5, 0.6) is 5.75 Å². The number of phenolic OH excluding ortho intramolecular Hbond substituents is 1. The monoisotopic (exact) mass is 804 g/mol. The van der Waals surface area contributed by atoms with Gasteiger partial charge in [-0.3, -0.25) is 4.98 Å². The molecule has 0 amide bonds. The standard InChI is InChI=1S/C56H55N3O2/c1-34-21-23-35(24-22-34)36-25-26-57-46(30-36)39-27-38(28-40(29-39)54(2,3)4)42-17-14-18-47-51(42)58-53(44-31-41(55(5,6)7)32-45(52(44)60)56(8,9)10)59(47)33-37-15-13-20-49-50(37)43-16-11-12-19-48(43)61-49/h11-32,60H,33H2,1-10H3/i1D3. The van der Waals surface area contributed by atoms with Gasteiger partial charge in [0.05, 0.1) is 28.8 Å². The van der Waals surface area contributed by atoms with Gasteiger partial charge in [0, 0.05) is 37.8 Å². The van der Waals surface area contributed by atoms with Crippen molar-refractivity contribution in [2.75, 3.05) is 0 Å². The number of hydrogen-bond acceptors (Lipinski definition) is 4. The lowest BCUT2D eigenvalue weighted by Crippen LogP contribution is -2.17. The maximum Gasteiger partial charge on any atom is 0.145 e. The second kappa shape index (κ2) is 14.6. The molecule has 61 heavy (non-hydrogen) atoms. The highest BCUT2D eigenvalue weighted by atomic mass is 16.3. The number of phenols is 1. The van der Waals surface area contributed by atoms with Crippen LogP contribution in [0, 0.1) is 6.85 Å². The molecule has 3 heterocycles. The summed E-state index contributed by atoms with van der Waals surface area (Å²) in [6.45, 7) is 18.0. The van der Waals surface area contributed by atoms with Crippen molar-refractivity contribution in [3.63, 3.8) is 0 Å². The van der Waals surface area contributed by atoms with Crippen LogP contribution in [-0.4, -0.2) is 19.6 Å². The Kier molecular flexibility index (Phi) is 8.72. The number of hydrogen-bond donors (Lipinski definition) is 1. The highest BCUT2D eigenvalue weighted by Gasteiger charge is 2.29. The normalized spacial score (nSPS) is 13.5. The Hall–Kier alpha value is -6.46. The predicted octanol–water partition coefficient (Wildman–Crippen LogP) is 15.0. The average Bonchev–Trinajstić information content (AvgIpc) is 3.81. The molecule has 5 heteroatoms. The number of aromatic nitrogens is 3. The van der Waals surface area contributed by atoms with Gasteiger partial charge in [-0.25, -0.2) is 4.98 Å². The first-order chi connectivity index (χ1) is 30.1. The molecule has 9 rings (SSSR count). The molecule has 6 aromatic carbocycles. The lowest BCUT2D eigenvalue weighted by Gasteiger charge is -2.27. The van der Waals surface area contributed by atoms with Gasteiger partial charge in [-0.2, -0.15) is 0 Å². The fourth-order valence-electron chi connectivity index (χ4n) is 8.50. The lowest BCUT2D eigenvalue weighted by molar-refractivity contribution is 0.446. The minimum atomic E-state index is -2.17. The topological polar surface area (TPSA) is 64.1 Å². The third-order valence-electron chi connectivity index (χ3n) is 12.0. The fraction of sp³-hybridized carbons (Fsp3) is 0.250. The van der Waals surface area contributed by atoms with Crippen molar-refractivity contribution in [3.8, 4) is 50.6 Å². The van der Waals surface area contributed by atoms with E-state index in [-0.39, 0.29) is 22.0 Å². The molecule has 0 unspecified atom stereocenters. The van der Waals surface area contributed by atoms with Crippen molar-refractivity contribution in [3.05, 3.63) is 161 Å². The van der Waals surface area contributed by atoms with E-state index in [9.17, 15) is 5.11 Å². The van der Waals surface area contributed by atoms with Crippen molar-refractivity contribution in [1.29, 1.82) is 0 Å². The molecule has 9 aromatic rings. The van der Waals surface area contributed by atoms with Gasteiger partial charge in [-0.15, -0.1) is 0 Å². The lowest BCUT2D eigenvalue weighted by atomic mass is 9.79. The molecule has 0 fully saturated rings. The van der Waals surface area contributed by atoms with E-state index in [0.717, 1.165) is 88.7 Å². The van der Waals surface area contributed by atoms with Gasteiger partial charge in [-0.05, 0) is 105 Å². The van der Waals surface area contributed by atoms with Crippen LogP contribution in [0.25, 0.3) is 77.9 Å². The Labute approximate surface area is 364 Å². The molecule has 0 bridgehead atoms. The first-order valence-electron chi connectivity index (χ1n) is 22.7. The first kappa shape index (κ1) is 36.4. The number of nitrogens with zero attached hydrogens (tertiary/aromatic N) is 3. The van der Waals surface area contributed by atoms with Crippen LogP contribution in [-0.2, 0) is 22.8 Å². The second-order valence-corrected chi connectivity index (χ2v) is 19.6. The molecule has 0 atom stereocenters. The van der Waals surface area contributed by atoms with E-state index in [4.69, 9.17) is 18.5 Å². The number of aromatic hydroxyl groups is 1. The van der Waals surface area contributed by atoms with Crippen molar-refractivity contribution in [1.82, 2.24) is 14.5 Å². The zero-order valence-corrected chi connectivity index (χ0v) is 36.6. The SMILES string of the molecule is [2H]C([2H])([2H])c1ccc(-c2ccnc(-c3cc(-c4cccc5c4nc(-c4cc(C(C)(C)C)cc(C(C)(C)C)c4O)n5Cc4cccc5oc6ccccc6c45)cc(C(C)(C)C)c3)c2)cc1. The second-order valence-electron chi connectivity index (χ2n) is 19.6. The molecule has 5 nitrogen and oxygen atoms in total. The van der Waals surface area contributed by atoms with Gasteiger partial charge in [-0.1, -0.05) is 147 Å². The summed E-state index contributed by atoms with van der Waals surface area (Å²) in [4.78, 5) is 10.5. The van der Waals surface area contributed by atoms with Gasteiger partial charge >= 0.3 is 0 Å². The molecular weight excluding hydrogens is 747 g/mol. The van der Waals surface area contributed by atoms with Crippen molar-refractivity contribution >= 4 is 33.0 Å². The third kappa shape index (κ3) is 7.41. The Bertz CT molecular complexity index is 3240. The Balaban J connectivity index is 1.28. The number of imidazole rings is 1. The molecule has 1 N–H and O–H groups in total. The summed E-state index contributed by atoms with van der Waals surface area (Å²) in [6, 6.07) is 42.9. The zero-order chi connectivity index (χ0) is 45.5. The van der Waals surface area contributed by atoms with Crippen LogP contribution in [0.1, 0.15) is 94.2 Å². The molecule has 306 valence electrons. The van der Waals surface area contributed by atoms with Gasteiger partial charge in [0.2, 0.25) is 0 Å². The number of furan rings is 1. The van der Waals surface area contributed by atoms with Crippen LogP contribution in [0.2, 0.25) is 0 Å². The third-order valence-corrected chi connectivity index (χ3v) is 12.0. The summed E-state index contributed by atoms with van der Waals surface area (Å²) in [5.41, 5.74) is 13.6. The largest absolute Gasteiger partial charge is 0.507 e. The minimum Gasteiger partial charge on any atom is -0.507 e. The molecule has 0 saturated heterocycles. The van der Waals surface area contributed by atoms with Crippen LogP contribution in [0.3, 0.4) is 0 Å². The molecule has 0 aliphatic carbocycles. The summed E-state index contributed by atoms with van der Waals surface area (Å²) in [6.07, 6.45) is 1.81. The summed E-state index contributed by atoms with van der Waals surface area (Å²) < 4.78 is 32.1. The van der Waals surface area contributed by atoms with Gasteiger partial charge in [0.1, 0.15) is 22.7 Å². The summed E-state index contributed by atoms with van der Waals surface area (Å²) >= 11 is 0. The smallest absolute Gasteiger partial charge is 0.145 e. The summed E-state index contributed by atoms with van der Waals surface area (Å²) in [7, 11) is 0. The van der Waals surface area contributed by atoms with Crippen molar-refractivity contribution in [2.45, 2.75) is 92.0 Å². The van der Waals surface area contributed by atoms with E-state index in [1.807, 2.05) is 48.7 Å². The highest BCUT2D eigenvalue weighted by molar-refractivity contribution is 6.07. The first-order valence-corrected chi connectivity index (χ1v) is 21.2. The van der Waals surface area contributed by atoms with Crippen LogP contribution in [0.4, 0.5) is 0 Å². The molecular formula is C56H55N3O2. The molecule has 0 radical (unpaired) electrons. The number of pyridine rings is 1. The van der Waals surface area contributed by atoms with E-state index >= 15 is 0 Å². The van der Waals surface area contributed by atoms with Crippen LogP contribution in [0.15, 0.2) is 138 Å². The summed E-state index contributed by atoms with van der Waals surface area (Å²) in [5, 5.41) is 14.5. The molecule has 0 aliphatic rings. The van der Waals surface area contributed by atoms with Crippen molar-refractivity contribution in [2.24, 2.45) is 0 Å². The molecule has 0 saturated carbocycles. The van der Waals surface area contributed by atoms with E-state index in [2.05, 4.69) is 140 Å². The minimum absolute atomic E-state index is 0.192. The van der Waals surface area contributed by atoms with Crippen LogP contribution >= 0.6 is 0 Å². The number of rotatable bonds is 6.